The van der Waals surface area contributed by atoms with Gasteiger partial charge in [-0.1, -0.05) is 13.3 Å². The summed E-state index contributed by atoms with van der Waals surface area (Å²) in [6.45, 7) is 4.14. The number of anilines is 2. The summed E-state index contributed by atoms with van der Waals surface area (Å²) < 4.78 is 10.7. The average molecular weight is 317 g/mol. The molecular weight excluding hydrogens is 294 g/mol. The molecule has 0 amide bonds. The molecule has 0 unspecified atom stereocenters. The van der Waals surface area contributed by atoms with Crippen molar-refractivity contribution < 1.29 is 9.47 Å². The number of nitrogens with one attached hydrogen (secondary N) is 2. The first-order valence-corrected chi connectivity index (χ1v) is 7.76. The minimum Gasteiger partial charge on any atom is -0.497 e. The molecule has 1 aromatic carbocycles. The highest BCUT2D eigenvalue weighted by Crippen LogP contribution is 2.16. The minimum atomic E-state index is 0.523. The van der Waals surface area contributed by atoms with Gasteiger partial charge in [-0.2, -0.15) is 10.1 Å². The summed E-state index contributed by atoms with van der Waals surface area (Å²) in [5, 5.41) is 14.2. The van der Waals surface area contributed by atoms with E-state index in [0.29, 0.717) is 24.9 Å². The summed E-state index contributed by atoms with van der Waals surface area (Å²) in [6.07, 6.45) is 3.80. The van der Waals surface area contributed by atoms with Gasteiger partial charge in [-0.05, 0) is 30.7 Å². The molecule has 7 nitrogen and oxygen atoms in total. The number of ether oxygens (including phenoxy) is 2. The van der Waals surface area contributed by atoms with E-state index in [1.54, 1.807) is 13.3 Å². The highest BCUT2D eigenvalue weighted by Gasteiger charge is 2.00. The van der Waals surface area contributed by atoms with Gasteiger partial charge >= 0.3 is 0 Å². The molecule has 7 heteroatoms. The van der Waals surface area contributed by atoms with Crippen molar-refractivity contribution in [1.82, 2.24) is 15.2 Å². The van der Waals surface area contributed by atoms with Crippen molar-refractivity contribution in [3.63, 3.8) is 0 Å². The molecular formula is C16H23N5O2. The number of hydrogen-bond donors (Lipinski definition) is 2. The first kappa shape index (κ1) is 16.8. The fourth-order valence-corrected chi connectivity index (χ4v) is 1.86. The zero-order valence-corrected chi connectivity index (χ0v) is 13.6. The van der Waals surface area contributed by atoms with Crippen LogP contribution in [0.25, 0.3) is 0 Å². The van der Waals surface area contributed by atoms with Crippen LogP contribution in [-0.2, 0) is 0 Å². The predicted octanol–water partition coefficient (Wildman–Crippen LogP) is 2.58. The van der Waals surface area contributed by atoms with Crippen LogP contribution in [0.5, 0.6) is 11.5 Å². The molecule has 0 atom stereocenters. The molecule has 0 saturated heterocycles. The van der Waals surface area contributed by atoms with E-state index < -0.39 is 0 Å². The molecule has 0 aliphatic carbocycles. The van der Waals surface area contributed by atoms with Crippen LogP contribution in [-0.4, -0.2) is 42.0 Å². The van der Waals surface area contributed by atoms with Crippen LogP contribution in [0.1, 0.15) is 19.8 Å². The molecule has 2 rings (SSSR count). The lowest BCUT2D eigenvalue weighted by atomic mass is 10.3. The Hall–Kier alpha value is -2.57. The fraction of sp³-hybridized carbons (Fsp3) is 0.438. The summed E-state index contributed by atoms with van der Waals surface area (Å²) in [5.74, 6) is 2.83. The zero-order chi connectivity index (χ0) is 16.3. The standard InChI is InChI=1S/C16H23N5O2/c1-3-4-9-18-16-20-15(12-19-21-16)17-10-11-23-14-7-5-13(22-2)6-8-14/h5-8,12H,3-4,9-11H2,1-2H3,(H2,17,18,20,21). The van der Waals surface area contributed by atoms with Crippen molar-refractivity contribution in [3.05, 3.63) is 30.5 Å². The van der Waals surface area contributed by atoms with Crippen LogP contribution >= 0.6 is 0 Å². The third kappa shape index (κ3) is 5.98. The molecule has 23 heavy (non-hydrogen) atoms. The van der Waals surface area contributed by atoms with E-state index in [1.165, 1.54) is 0 Å². The van der Waals surface area contributed by atoms with Crippen molar-refractivity contribution in [3.8, 4) is 11.5 Å². The van der Waals surface area contributed by atoms with Gasteiger partial charge in [0.25, 0.3) is 0 Å². The van der Waals surface area contributed by atoms with Crippen molar-refractivity contribution in [2.45, 2.75) is 19.8 Å². The Bertz CT molecular complexity index is 577. The summed E-state index contributed by atoms with van der Waals surface area (Å²) in [4.78, 5) is 4.34. The van der Waals surface area contributed by atoms with Gasteiger partial charge in [-0.25, -0.2) is 0 Å². The molecule has 2 N–H and O–H groups in total. The van der Waals surface area contributed by atoms with Gasteiger partial charge in [0, 0.05) is 6.54 Å². The maximum Gasteiger partial charge on any atom is 0.244 e. The topological polar surface area (TPSA) is 81.2 Å². The lowest BCUT2D eigenvalue weighted by Crippen LogP contribution is -2.14. The molecule has 0 aliphatic rings. The Labute approximate surface area is 136 Å². The SMILES string of the molecule is CCCCNc1nncc(NCCOc2ccc(OC)cc2)n1. The maximum absolute atomic E-state index is 5.64. The van der Waals surface area contributed by atoms with Gasteiger partial charge in [0.2, 0.25) is 5.95 Å². The number of benzene rings is 1. The van der Waals surface area contributed by atoms with Gasteiger partial charge in [-0.3, -0.25) is 0 Å². The maximum atomic E-state index is 5.64. The zero-order valence-electron chi connectivity index (χ0n) is 13.6. The number of nitrogens with zero attached hydrogens (tertiary/aromatic N) is 3. The van der Waals surface area contributed by atoms with Crippen LogP contribution in [0.15, 0.2) is 30.5 Å². The highest BCUT2D eigenvalue weighted by atomic mass is 16.5. The Morgan fingerprint density at radius 2 is 1.83 bits per heavy atom. The van der Waals surface area contributed by atoms with Crippen LogP contribution < -0.4 is 20.1 Å². The molecule has 0 bridgehead atoms. The summed E-state index contributed by atoms with van der Waals surface area (Å²) in [6, 6.07) is 7.48. The molecule has 124 valence electrons. The van der Waals surface area contributed by atoms with Gasteiger partial charge in [0.15, 0.2) is 5.82 Å². The first-order chi connectivity index (χ1) is 11.3. The summed E-state index contributed by atoms with van der Waals surface area (Å²) in [5.41, 5.74) is 0. The Kier molecular flexibility index (Phi) is 6.90. The minimum absolute atomic E-state index is 0.523. The van der Waals surface area contributed by atoms with Crippen LogP contribution in [0.2, 0.25) is 0 Å². The summed E-state index contributed by atoms with van der Waals surface area (Å²) >= 11 is 0. The Morgan fingerprint density at radius 3 is 2.57 bits per heavy atom. The second-order valence-corrected chi connectivity index (χ2v) is 4.90. The van der Waals surface area contributed by atoms with Crippen LogP contribution in [0, 0.1) is 0 Å². The Balaban J connectivity index is 1.71. The van der Waals surface area contributed by atoms with E-state index in [1.807, 2.05) is 24.3 Å². The third-order valence-corrected chi connectivity index (χ3v) is 3.11. The third-order valence-electron chi connectivity index (χ3n) is 3.11. The molecule has 0 radical (unpaired) electrons. The number of methoxy groups -OCH3 is 1. The van der Waals surface area contributed by atoms with E-state index in [9.17, 15) is 0 Å². The van der Waals surface area contributed by atoms with E-state index in [2.05, 4.69) is 32.7 Å². The molecule has 0 aliphatic heterocycles. The van der Waals surface area contributed by atoms with Crippen LogP contribution in [0.3, 0.4) is 0 Å². The molecule has 1 heterocycles. The van der Waals surface area contributed by atoms with Gasteiger partial charge < -0.3 is 20.1 Å². The van der Waals surface area contributed by atoms with Gasteiger partial charge in [0.1, 0.15) is 18.1 Å². The van der Waals surface area contributed by atoms with Gasteiger partial charge in [0.05, 0.1) is 19.9 Å². The lowest BCUT2D eigenvalue weighted by Gasteiger charge is -2.09. The molecule has 0 spiro atoms. The van der Waals surface area contributed by atoms with E-state index in [4.69, 9.17) is 9.47 Å². The number of rotatable bonds is 10. The number of hydrogen-bond acceptors (Lipinski definition) is 7. The largest absolute Gasteiger partial charge is 0.497 e. The fourth-order valence-electron chi connectivity index (χ4n) is 1.86. The highest BCUT2D eigenvalue weighted by molar-refractivity contribution is 5.37. The Morgan fingerprint density at radius 1 is 1.04 bits per heavy atom. The van der Waals surface area contributed by atoms with Crippen molar-refractivity contribution in [2.75, 3.05) is 37.4 Å². The monoisotopic (exact) mass is 317 g/mol. The van der Waals surface area contributed by atoms with E-state index in [-0.39, 0.29) is 0 Å². The van der Waals surface area contributed by atoms with Crippen molar-refractivity contribution >= 4 is 11.8 Å². The lowest BCUT2D eigenvalue weighted by molar-refractivity contribution is 0.331. The second-order valence-electron chi connectivity index (χ2n) is 4.90. The quantitative estimate of drug-likeness (QED) is 0.652. The molecule has 0 saturated carbocycles. The normalized spacial score (nSPS) is 10.2. The van der Waals surface area contributed by atoms with Crippen molar-refractivity contribution in [2.24, 2.45) is 0 Å². The van der Waals surface area contributed by atoms with Gasteiger partial charge in [-0.15, -0.1) is 5.10 Å². The smallest absolute Gasteiger partial charge is 0.244 e. The molecule has 2 aromatic rings. The molecule has 0 fully saturated rings. The van der Waals surface area contributed by atoms with E-state index >= 15 is 0 Å². The average Bonchev–Trinajstić information content (AvgIpc) is 2.60. The molecule has 1 aromatic heterocycles. The predicted molar refractivity (Wildman–Crippen MR) is 90.2 cm³/mol. The number of unbranched alkanes of at least 4 members (excludes halogenated alkanes) is 1. The second kappa shape index (κ2) is 9.45. The van der Waals surface area contributed by atoms with E-state index in [0.717, 1.165) is 30.9 Å². The van der Waals surface area contributed by atoms with Crippen LogP contribution in [0.4, 0.5) is 11.8 Å². The summed E-state index contributed by atoms with van der Waals surface area (Å²) in [7, 11) is 1.64. The van der Waals surface area contributed by atoms with Crippen molar-refractivity contribution in [1.29, 1.82) is 0 Å². The first-order valence-electron chi connectivity index (χ1n) is 7.76. The number of aromatic nitrogens is 3.